The van der Waals surface area contributed by atoms with Crippen LogP contribution in [0.3, 0.4) is 0 Å². The summed E-state index contributed by atoms with van der Waals surface area (Å²) in [5.74, 6) is -0.542. The second-order valence-corrected chi connectivity index (χ2v) is 7.61. The van der Waals surface area contributed by atoms with Crippen molar-refractivity contribution in [1.82, 2.24) is 10.6 Å². The van der Waals surface area contributed by atoms with Crippen molar-refractivity contribution >= 4 is 29.2 Å². The zero-order chi connectivity index (χ0) is 19.1. The Morgan fingerprint density at radius 1 is 1.15 bits per heavy atom. The zero-order valence-electron chi connectivity index (χ0n) is 15.5. The van der Waals surface area contributed by atoms with Crippen molar-refractivity contribution in [2.45, 2.75) is 32.6 Å². The molecule has 1 heterocycles. The first-order chi connectivity index (χ1) is 13.1. The van der Waals surface area contributed by atoms with Crippen molar-refractivity contribution in [2.24, 2.45) is 0 Å². The highest BCUT2D eigenvalue weighted by atomic mass is 32.1. The van der Waals surface area contributed by atoms with Crippen LogP contribution in [0.1, 0.15) is 46.5 Å². The van der Waals surface area contributed by atoms with E-state index in [0.29, 0.717) is 12.1 Å². The van der Waals surface area contributed by atoms with Gasteiger partial charge in [-0.2, -0.15) is 0 Å². The molecule has 0 aliphatic heterocycles. The summed E-state index contributed by atoms with van der Waals surface area (Å²) >= 11 is 1.52. The van der Waals surface area contributed by atoms with Crippen LogP contribution in [0.25, 0.3) is 6.08 Å². The normalized spacial score (nSPS) is 14.4. The molecule has 2 N–H and O–H groups in total. The predicted molar refractivity (Wildman–Crippen MR) is 111 cm³/mol. The molecule has 4 nitrogen and oxygen atoms in total. The van der Waals surface area contributed by atoms with Gasteiger partial charge < -0.3 is 10.6 Å². The topological polar surface area (TPSA) is 58.2 Å². The van der Waals surface area contributed by atoms with Gasteiger partial charge in [0, 0.05) is 17.0 Å². The number of nitrogens with one attached hydrogen (secondary N) is 2. The summed E-state index contributed by atoms with van der Waals surface area (Å²) in [6.07, 6.45) is 8.42. The molecular formula is C22H24N2O2S. The van der Waals surface area contributed by atoms with E-state index in [1.165, 1.54) is 29.8 Å². The van der Waals surface area contributed by atoms with Gasteiger partial charge in [-0.15, -0.1) is 11.3 Å². The van der Waals surface area contributed by atoms with Gasteiger partial charge in [-0.3, -0.25) is 9.59 Å². The van der Waals surface area contributed by atoms with Crippen LogP contribution in [0.15, 0.2) is 59.1 Å². The van der Waals surface area contributed by atoms with Gasteiger partial charge in [0.15, 0.2) is 0 Å². The van der Waals surface area contributed by atoms with E-state index in [1.807, 2.05) is 42.6 Å². The molecule has 1 aliphatic rings. The number of carbonyl (C=O) groups is 2. The van der Waals surface area contributed by atoms with Crippen molar-refractivity contribution in [1.29, 1.82) is 0 Å². The smallest absolute Gasteiger partial charge is 0.268 e. The summed E-state index contributed by atoms with van der Waals surface area (Å²) in [5, 5.41) is 7.69. The van der Waals surface area contributed by atoms with Gasteiger partial charge in [-0.25, -0.2) is 0 Å². The van der Waals surface area contributed by atoms with Crippen LogP contribution in [0, 0.1) is 6.92 Å². The molecule has 0 unspecified atom stereocenters. The molecule has 0 atom stereocenters. The van der Waals surface area contributed by atoms with E-state index in [0.717, 1.165) is 23.3 Å². The quantitative estimate of drug-likeness (QED) is 0.575. The van der Waals surface area contributed by atoms with E-state index in [2.05, 4.69) is 16.7 Å². The first-order valence-electron chi connectivity index (χ1n) is 9.22. The molecule has 0 radical (unpaired) electrons. The molecule has 0 spiro atoms. The van der Waals surface area contributed by atoms with E-state index < -0.39 is 0 Å². The number of rotatable bonds is 6. The Hall–Kier alpha value is -2.66. The van der Waals surface area contributed by atoms with Crippen LogP contribution in [0.2, 0.25) is 0 Å². The minimum absolute atomic E-state index is 0.266. The van der Waals surface area contributed by atoms with Gasteiger partial charge >= 0.3 is 0 Å². The van der Waals surface area contributed by atoms with Crippen molar-refractivity contribution in [3.05, 3.63) is 75.1 Å². The molecular weight excluding hydrogens is 356 g/mol. The summed E-state index contributed by atoms with van der Waals surface area (Å²) in [6, 6.07) is 11.2. The second kappa shape index (κ2) is 9.33. The fraction of sp³-hybridized carbons (Fsp3) is 0.273. The second-order valence-electron chi connectivity index (χ2n) is 6.63. The molecule has 27 heavy (non-hydrogen) atoms. The van der Waals surface area contributed by atoms with Crippen molar-refractivity contribution < 1.29 is 9.59 Å². The number of aryl methyl sites for hydroxylation is 1. The van der Waals surface area contributed by atoms with Crippen molar-refractivity contribution in [3.8, 4) is 0 Å². The summed E-state index contributed by atoms with van der Waals surface area (Å²) in [7, 11) is 0. The molecule has 2 aromatic rings. The Kier molecular flexibility index (Phi) is 6.60. The largest absolute Gasteiger partial charge is 0.347 e. The monoisotopic (exact) mass is 380 g/mol. The highest BCUT2D eigenvalue weighted by Crippen LogP contribution is 2.17. The first kappa shape index (κ1) is 19.1. The lowest BCUT2D eigenvalue weighted by molar-refractivity contribution is -0.117. The third kappa shape index (κ3) is 5.41. The predicted octanol–water partition coefficient (Wildman–Crippen LogP) is 4.44. The Morgan fingerprint density at radius 2 is 2.00 bits per heavy atom. The van der Waals surface area contributed by atoms with Gasteiger partial charge in [-0.1, -0.05) is 35.9 Å². The van der Waals surface area contributed by atoms with Gasteiger partial charge in [0.05, 0.1) is 0 Å². The van der Waals surface area contributed by atoms with E-state index in [4.69, 9.17) is 0 Å². The molecule has 5 heteroatoms. The van der Waals surface area contributed by atoms with Crippen molar-refractivity contribution in [2.75, 3.05) is 6.54 Å². The Labute approximate surface area is 164 Å². The molecule has 0 saturated carbocycles. The SMILES string of the molecule is Cc1ccccc1C(=O)N/C(=C\c1cccs1)C(=O)NCC1=CCCCC1. The Balaban J connectivity index is 1.74. The molecule has 0 bridgehead atoms. The maximum Gasteiger partial charge on any atom is 0.268 e. The van der Waals surface area contributed by atoms with Gasteiger partial charge in [0.2, 0.25) is 0 Å². The number of benzene rings is 1. The van der Waals surface area contributed by atoms with Crippen molar-refractivity contribution in [3.63, 3.8) is 0 Å². The lowest BCUT2D eigenvalue weighted by Gasteiger charge is -2.15. The fourth-order valence-electron chi connectivity index (χ4n) is 3.05. The van der Waals surface area contributed by atoms with Crippen LogP contribution in [-0.4, -0.2) is 18.4 Å². The number of thiophene rings is 1. The van der Waals surface area contributed by atoms with Gasteiger partial charge in [-0.05, 0) is 61.8 Å². The zero-order valence-corrected chi connectivity index (χ0v) is 16.3. The Morgan fingerprint density at radius 3 is 2.70 bits per heavy atom. The summed E-state index contributed by atoms with van der Waals surface area (Å²) in [6.45, 7) is 2.41. The maximum absolute atomic E-state index is 12.7. The van der Waals surface area contributed by atoms with Crippen LogP contribution >= 0.6 is 11.3 Å². The fourth-order valence-corrected chi connectivity index (χ4v) is 3.70. The van der Waals surface area contributed by atoms with Crippen LogP contribution in [-0.2, 0) is 4.79 Å². The highest BCUT2D eigenvalue weighted by molar-refractivity contribution is 7.10. The number of hydrogen-bond acceptors (Lipinski definition) is 3. The Bertz CT molecular complexity index is 866. The lowest BCUT2D eigenvalue weighted by atomic mass is 10.00. The van der Waals surface area contributed by atoms with E-state index in [1.54, 1.807) is 12.1 Å². The standard InChI is InChI=1S/C22H24N2O2S/c1-16-8-5-6-12-19(16)21(25)24-20(14-18-11-7-13-27-18)22(26)23-15-17-9-3-2-4-10-17/h5-9,11-14H,2-4,10,15H2,1H3,(H,23,26)(H,24,25)/b20-14-. The third-order valence-corrected chi connectivity index (χ3v) is 5.39. The molecule has 1 aromatic carbocycles. The average molecular weight is 381 g/mol. The number of carbonyl (C=O) groups excluding carboxylic acids is 2. The molecule has 140 valence electrons. The van der Waals surface area contributed by atoms with E-state index >= 15 is 0 Å². The summed E-state index contributed by atoms with van der Waals surface area (Å²) in [4.78, 5) is 26.3. The molecule has 1 aromatic heterocycles. The number of allylic oxidation sites excluding steroid dienone is 1. The molecule has 1 aliphatic carbocycles. The first-order valence-corrected chi connectivity index (χ1v) is 10.1. The number of hydrogen-bond donors (Lipinski definition) is 2. The van der Waals surface area contributed by atoms with Crippen LogP contribution < -0.4 is 10.6 Å². The number of amides is 2. The van der Waals surface area contributed by atoms with Crippen LogP contribution in [0.4, 0.5) is 0 Å². The summed E-state index contributed by atoms with van der Waals surface area (Å²) in [5.41, 5.74) is 2.97. The molecule has 0 saturated heterocycles. The minimum Gasteiger partial charge on any atom is -0.347 e. The molecule has 3 rings (SSSR count). The minimum atomic E-state index is -0.275. The van der Waals surface area contributed by atoms with E-state index in [9.17, 15) is 9.59 Å². The lowest BCUT2D eigenvalue weighted by Crippen LogP contribution is -2.36. The average Bonchev–Trinajstić information content (AvgIpc) is 3.20. The van der Waals surface area contributed by atoms with E-state index in [-0.39, 0.29) is 17.5 Å². The van der Waals surface area contributed by atoms with Gasteiger partial charge in [0.1, 0.15) is 5.70 Å². The molecule has 0 fully saturated rings. The van der Waals surface area contributed by atoms with Gasteiger partial charge in [0.25, 0.3) is 11.8 Å². The molecule has 2 amide bonds. The van der Waals surface area contributed by atoms with Crippen LogP contribution in [0.5, 0.6) is 0 Å². The summed E-state index contributed by atoms with van der Waals surface area (Å²) < 4.78 is 0. The maximum atomic E-state index is 12.7. The third-order valence-electron chi connectivity index (χ3n) is 4.57. The highest BCUT2D eigenvalue weighted by Gasteiger charge is 2.16.